The second-order valence-electron chi connectivity index (χ2n) is 4.25. The molecule has 1 aliphatic carbocycles. The number of rotatable bonds is 2. The van der Waals surface area contributed by atoms with E-state index in [9.17, 15) is 4.80 Å². The van der Waals surface area contributed by atoms with E-state index in [1.807, 2.05) is 6.55 Å². The molecule has 1 aliphatic heterocycles. The van der Waals surface area contributed by atoms with Crippen molar-refractivity contribution in [3.8, 4) is 0 Å². The third-order valence-corrected chi connectivity index (χ3v) is 5.70. The van der Waals surface area contributed by atoms with E-state index in [-0.39, 0.29) is 5.22 Å². The Morgan fingerprint density at radius 2 is 1.92 bits per heavy atom. The van der Waals surface area contributed by atoms with Crippen LogP contribution in [0.15, 0.2) is 0 Å². The molecule has 2 nitrogen and oxygen atoms in total. The zero-order valence-corrected chi connectivity index (χ0v) is 8.91. The first-order valence-corrected chi connectivity index (χ1v) is 7.32. The molecule has 0 radical (unpaired) electrons. The van der Waals surface area contributed by atoms with E-state index in [4.69, 9.17) is 4.74 Å². The highest BCUT2D eigenvalue weighted by molar-refractivity contribution is 6.53. The smallest absolute Gasteiger partial charge is 0.204 e. The van der Waals surface area contributed by atoms with Gasteiger partial charge in [-0.05, 0) is 25.3 Å². The second kappa shape index (κ2) is 3.12. The van der Waals surface area contributed by atoms with Crippen molar-refractivity contribution in [1.82, 2.24) is 0 Å². The van der Waals surface area contributed by atoms with Crippen molar-refractivity contribution in [1.29, 1.82) is 0 Å². The molecule has 2 aliphatic rings. The van der Waals surface area contributed by atoms with E-state index in [0.29, 0.717) is 5.92 Å². The highest BCUT2D eigenvalue weighted by Gasteiger charge is 2.55. The van der Waals surface area contributed by atoms with Gasteiger partial charge in [0.2, 0.25) is 9.04 Å². The van der Waals surface area contributed by atoms with E-state index in [1.54, 1.807) is 0 Å². The molecule has 1 heterocycles. The zero-order valence-electron chi connectivity index (χ0n) is 7.75. The fourth-order valence-corrected chi connectivity index (χ4v) is 4.07. The van der Waals surface area contributed by atoms with E-state index >= 15 is 0 Å². The highest BCUT2D eigenvalue weighted by atomic mass is 28.3. The molecule has 0 aromatic heterocycles. The fourth-order valence-electron chi connectivity index (χ4n) is 2.49. The summed E-state index contributed by atoms with van der Waals surface area (Å²) in [5, 5.41) is 0.0143. The number of hydrogen-bond acceptors (Lipinski definition) is 2. The Hall–Kier alpha value is 0.137. The first-order valence-electron chi connectivity index (χ1n) is 5.08. The molecule has 1 saturated carbocycles. The Morgan fingerprint density at radius 1 is 1.33 bits per heavy atom. The molecule has 3 heteroatoms. The van der Waals surface area contributed by atoms with Crippen LogP contribution < -0.4 is 0 Å². The predicted molar refractivity (Wildman–Crippen MR) is 50.5 cm³/mol. The Labute approximate surface area is 75.7 Å². The maximum Gasteiger partial charge on any atom is 0.204 e. The van der Waals surface area contributed by atoms with Gasteiger partial charge in [-0.2, -0.15) is 0 Å². The molecule has 12 heavy (non-hydrogen) atoms. The van der Waals surface area contributed by atoms with Gasteiger partial charge in [-0.1, -0.05) is 19.3 Å². The van der Waals surface area contributed by atoms with Crippen LogP contribution in [0.4, 0.5) is 0 Å². The van der Waals surface area contributed by atoms with Crippen molar-refractivity contribution in [2.24, 2.45) is 5.92 Å². The summed E-state index contributed by atoms with van der Waals surface area (Å²) < 4.78 is 5.51. The van der Waals surface area contributed by atoms with Gasteiger partial charge in [0.05, 0.1) is 6.61 Å². The minimum Gasteiger partial charge on any atom is -0.432 e. The molecule has 70 valence electrons. The molecule has 0 aromatic rings. The lowest BCUT2D eigenvalue weighted by atomic mass is 9.87. The van der Waals surface area contributed by atoms with Gasteiger partial charge in [0.15, 0.2) is 0 Å². The third-order valence-electron chi connectivity index (χ3n) is 3.48. The van der Waals surface area contributed by atoms with E-state index in [2.05, 4.69) is 0 Å². The fraction of sp³-hybridized carbons (Fsp3) is 1.00. The maximum absolute atomic E-state index is 9.71. The van der Waals surface area contributed by atoms with Gasteiger partial charge in [-0.15, -0.1) is 0 Å². The molecular formula is C9H18O2Si. The molecule has 2 atom stereocenters. The lowest BCUT2D eigenvalue weighted by molar-refractivity contribution is 0.219. The normalized spacial score (nSPS) is 39.5. The van der Waals surface area contributed by atoms with Crippen molar-refractivity contribution in [3.05, 3.63) is 0 Å². The first kappa shape index (κ1) is 8.72. The summed E-state index contributed by atoms with van der Waals surface area (Å²) in [5.41, 5.74) is 0. The van der Waals surface area contributed by atoms with Crippen molar-refractivity contribution in [2.75, 3.05) is 6.61 Å². The molecule has 0 bridgehead atoms. The first-order chi connectivity index (χ1) is 5.76. The summed E-state index contributed by atoms with van der Waals surface area (Å²) in [4.78, 5) is 9.71. The monoisotopic (exact) mass is 186 g/mol. The Bertz CT molecular complexity index is 160. The Balaban J connectivity index is 1.97. The lowest BCUT2D eigenvalue weighted by Gasteiger charge is -2.28. The summed E-state index contributed by atoms with van der Waals surface area (Å²) in [6.07, 6.45) is 6.65. The summed E-state index contributed by atoms with van der Waals surface area (Å²) in [6, 6.07) is 0. The Kier molecular flexibility index (Phi) is 2.27. The molecule has 0 aromatic carbocycles. The molecular weight excluding hydrogens is 168 g/mol. The standard InChI is InChI=1S/C9H18O2Si/c1-12(10)9(7-11-9)8-5-3-2-4-6-8/h8,10,12H,2-7H2,1H3. The van der Waals surface area contributed by atoms with Crippen molar-refractivity contribution >= 4 is 9.04 Å². The van der Waals surface area contributed by atoms with E-state index in [1.165, 1.54) is 32.1 Å². The van der Waals surface area contributed by atoms with Gasteiger partial charge in [-0.25, -0.2) is 0 Å². The van der Waals surface area contributed by atoms with Crippen LogP contribution in [0.1, 0.15) is 32.1 Å². The summed E-state index contributed by atoms with van der Waals surface area (Å²) in [5.74, 6) is 0.693. The molecule has 2 fully saturated rings. The van der Waals surface area contributed by atoms with Crippen LogP contribution in [0.25, 0.3) is 0 Å². The van der Waals surface area contributed by atoms with Gasteiger partial charge < -0.3 is 9.53 Å². The summed E-state index contributed by atoms with van der Waals surface area (Å²) in [7, 11) is -1.56. The quantitative estimate of drug-likeness (QED) is 0.519. The van der Waals surface area contributed by atoms with Crippen LogP contribution in [0.5, 0.6) is 0 Å². The van der Waals surface area contributed by atoms with Crippen LogP contribution in [-0.2, 0) is 4.74 Å². The number of epoxide rings is 1. The topological polar surface area (TPSA) is 32.8 Å². The molecule has 1 saturated heterocycles. The minimum atomic E-state index is -1.56. The van der Waals surface area contributed by atoms with Gasteiger partial charge in [0, 0.05) is 0 Å². The molecule has 2 unspecified atom stereocenters. The second-order valence-corrected chi connectivity index (χ2v) is 6.58. The van der Waals surface area contributed by atoms with Gasteiger partial charge in [0.25, 0.3) is 0 Å². The van der Waals surface area contributed by atoms with Crippen LogP contribution in [0, 0.1) is 5.92 Å². The number of ether oxygens (including phenoxy) is 1. The number of hydrogen-bond donors (Lipinski definition) is 1. The average molecular weight is 186 g/mol. The maximum atomic E-state index is 9.71. The molecule has 1 N–H and O–H groups in total. The Morgan fingerprint density at radius 3 is 2.33 bits per heavy atom. The summed E-state index contributed by atoms with van der Waals surface area (Å²) in [6.45, 7) is 2.85. The zero-order chi connectivity index (χ0) is 8.60. The van der Waals surface area contributed by atoms with Crippen LogP contribution in [0.2, 0.25) is 6.55 Å². The van der Waals surface area contributed by atoms with Crippen molar-refractivity contribution in [3.63, 3.8) is 0 Å². The van der Waals surface area contributed by atoms with Crippen LogP contribution in [0.3, 0.4) is 0 Å². The van der Waals surface area contributed by atoms with Gasteiger partial charge in [0.1, 0.15) is 5.22 Å². The SMILES string of the molecule is C[SiH](O)C1(C2CCCCC2)CO1. The molecule has 0 spiro atoms. The van der Waals surface area contributed by atoms with Crippen molar-refractivity contribution in [2.45, 2.75) is 43.9 Å². The third kappa shape index (κ3) is 1.34. The van der Waals surface area contributed by atoms with Crippen LogP contribution in [-0.4, -0.2) is 25.7 Å². The van der Waals surface area contributed by atoms with Crippen molar-refractivity contribution < 1.29 is 9.53 Å². The van der Waals surface area contributed by atoms with Crippen LogP contribution >= 0.6 is 0 Å². The molecule has 2 rings (SSSR count). The lowest BCUT2D eigenvalue weighted by Crippen LogP contribution is -2.40. The van der Waals surface area contributed by atoms with Gasteiger partial charge >= 0.3 is 0 Å². The minimum absolute atomic E-state index is 0.0143. The van der Waals surface area contributed by atoms with E-state index < -0.39 is 9.04 Å². The largest absolute Gasteiger partial charge is 0.432 e. The summed E-state index contributed by atoms with van der Waals surface area (Å²) >= 11 is 0. The predicted octanol–water partition coefficient (Wildman–Crippen LogP) is 1.22. The molecule has 0 amide bonds. The average Bonchev–Trinajstić information content (AvgIpc) is 2.86. The van der Waals surface area contributed by atoms with Gasteiger partial charge in [-0.3, -0.25) is 0 Å². The highest BCUT2D eigenvalue weighted by Crippen LogP contribution is 2.44. The van der Waals surface area contributed by atoms with E-state index in [0.717, 1.165) is 6.61 Å².